The van der Waals surface area contributed by atoms with E-state index in [0.29, 0.717) is 52.9 Å². The van der Waals surface area contributed by atoms with Gasteiger partial charge in [-0.05, 0) is 36.2 Å². The maximum atomic E-state index is 5.84. The molecule has 0 saturated carbocycles. The summed E-state index contributed by atoms with van der Waals surface area (Å²) in [5.74, 6) is 0.864. The number of rotatable bonds is 29. The second-order valence-corrected chi connectivity index (χ2v) is 12.3. The van der Waals surface area contributed by atoms with Crippen LogP contribution in [0.4, 0.5) is 0 Å². The van der Waals surface area contributed by atoms with Crippen molar-refractivity contribution >= 4 is 6.08 Å². The predicted octanol–water partition coefficient (Wildman–Crippen LogP) is 8.47. The Morgan fingerprint density at radius 1 is 0.523 bits per heavy atom. The number of hydrogen-bond donors (Lipinski definition) is 0. The maximum Gasteiger partial charge on any atom is 0.119 e. The lowest BCUT2D eigenvalue weighted by atomic mass is 10.1. The average molecular weight is 613 g/mol. The molecule has 2 aromatic rings. The second-order valence-electron chi connectivity index (χ2n) is 12.3. The van der Waals surface area contributed by atoms with Crippen LogP contribution in [0.15, 0.2) is 55.1 Å². The molecule has 0 unspecified atom stereocenters. The molecular weight excluding hydrogens is 550 g/mol. The standard InChI is InChI=1S/C38H62NO5/c1-5-7-8-9-10-11-12-13-14-15-24-40-25-26-41-27-28-42-29-30-43-31-32-44-38-22-20-37(21-23-38)34-39(3,4)33-36-18-16-35(6-2)17-19-36/h6,16-23H,2,5,7-15,24-34H2,1,3-4H3/q+1. The van der Waals surface area contributed by atoms with E-state index in [-0.39, 0.29) is 0 Å². The molecule has 2 aromatic carbocycles. The number of unbranched alkanes of at least 4 members (excludes halogenated alkanes) is 9. The Morgan fingerprint density at radius 2 is 0.932 bits per heavy atom. The normalized spacial score (nSPS) is 11.6. The van der Waals surface area contributed by atoms with Gasteiger partial charge < -0.3 is 28.2 Å². The monoisotopic (exact) mass is 612 g/mol. The summed E-state index contributed by atoms with van der Waals surface area (Å²) >= 11 is 0. The molecule has 0 aromatic heterocycles. The van der Waals surface area contributed by atoms with E-state index in [1.165, 1.54) is 68.9 Å². The Hall–Kier alpha value is -2.22. The lowest BCUT2D eigenvalue weighted by Gasteiger charge is -2.30. The highest BCUT2D eigenvalue weighted by molar-refractivity contribution is 5.47. The molecular formula is C38H62NO5+. The van der Waals surface area contributed by atoms with Gasteiger partial charge in [0.15, 0.2) is 0 Å². The first kappa shape index (κ1) is 38.0. The largest absolute Gasteiger partial charge is 0.491 e. The Bertz CT molecular complexity index is 945. The van der Waals surface area contributed by atoms with Crippen molar-refractivity contribution in [2.45, 2.75) is 84.2 Å². The minimum absolute atomic E-state index is 0.518. The SMILES string of the molecule is C=Cc1ccc(C[N+](C)(C)Cc2ccc(OCCOCCOCCOCCOCCCCCCCCCCCC)cc2)cc1. The summed E-state index contributed by atoms with van der Waals surface area (Å²) in [6.45, 7) is 13.5. The van der Waals surface area contributed by atoms with Gasteiger partial charge in [-0.2, -0.15) is 0 Å². The molecule has 0 aliphatic carbocycles. The van der Waals surface area contributed by atoms with Crippen molar-refractivity contribution in [1.82, 2.24) is 0 Å². The van der Waals surface area contributed by atoms with Crippen molar-refractivity contribution in [2.24, 2.45) is 0 Å². The van der Waals surface area contributed by atoms with Gasteiger partial charge in [0.05, 0.1) is 60.3 Å². The zero-order chi connectivity index (χ0) is 31.6. The molecule has 0 fully saturated rings. The van der Waals surface area contributed by atoms with Crippen LogP contribution in [0.3, 0.4) is 0 Å². The molecule has 0 aliphatic heterocycles. The maximum absolute atomic E-state index is 5.84. The van der Waals surface area contributed by atoms with Gasteiger partial charge in [0.1, 0.15) is 25.4 Å². The first-order chi connectivity index (χ1) is 21.5. The van der Waals surface area contributed by atoms with Crippen LogP contribution in [-0.4, -0.2) is 78.0 Å². The van der Waals surface area contributed by atoms with Gasteiger partial charge in [-0.15, -0.1) is 0 Å². The van der Waals surface area contributed by atoms with Crippen LogP contribution in [0.5, 0.6) is 5.75 Å². The lowest BCUT2D eigenvalue weighted by Crippen LogP contribution is -2.37. The Morgan fingerprint density at radius 3 is 1.41 bits per heavy atom. The van der Waals surface area contributed by atoms with E-state index in [4.69, 9.17) is 23.7 Å². The van der Waals surface area contributed by atoms with Crippen LogP contribution in [0.25, 0.3) is 6.08 Å². The van der Waals surface area contributed by atoms with Gasteiger partial charge in [0.2, 0.25) is 0 Å². The molecule has 2 rings (SSSR count). The van der Waals surface area contributed by atoms with Gasteiger partial charge in [0, 0.05) is 17.7 Å². The Balaban J connectivity index is 1.35. The molecule has 0 amide bonds. The number of benzene rings is 2. The van der Waals surface area contributed by atoms with Gasteiger partial charge in [-0.3, -0.25) is 0 Å². The van der Waals surface area contributed by atoms with Crippen LogP contribution in [0.2, 0.25) is 0 Å². The summed E-state index contributed by atoms with van der Waals surface area (Å²) in [7, 11) is 4.52. The van der Waals surface area contributed by atoms with Crippen LogP contribution >= 0.6 is 0 Å². The zero-order valence-corrected chi connectivity index (χ0v) is 28.2. The molecule has 0 N–H and O–H groups in total. The summed E-state index contributed by atoms with van der Waals surface area (Å²) in [4.78, 5) is 0. The minimum atomic E-state index is 0.518. The summed E-state index contributed by atoms with van der Waals surface area (Å²) in [5, 5.41) is 0. The Labute approximate surface area is 269 Å². The fraction of sp³-hybridized carbons (Fsp3) is 0.632. The molecule has 0 heterocycles. The molecule has 0 saturated heterocycles. The highest BCUT2D eigenvalue weighted by Crippen LogP contribution is 2.18. The fourth-order valence-corrected chi connectivity index (χ4v) is 5.17. The fourth-order valence-electron chi connectivity index (χ4n) is 5.17. The number of ether oxygens (including phenoxy) is 5. The quantitative estimate of drug-likeness (QED) is 0.0681. The lowest BCUT2D eigenvalue weighted by molar-refractivity contribution is -0.916. The molecule has 44 heavy (non-hydrogen) atoms. The summed E-state index contributed by atoms with van der Waals surface area (Å²) < 4.78 is 29.2. The number of nitrogens with zero attached hydrogens (tertiary/aromatic N) is 1. The van der Waals surface area contributed by atoms with Gasteiger partial charge in [0.25, 0.3) is 0 Å². The van der Waals surface area contributed by atoms with E-state index in [0.717, 1.165) is 41.9 Å². The van der Waals surface area contributed by atoms with E-state index in [1.807, 2.05) is 18.2 Å². The van der Waals surface area contributed by atoms with E-state index in [1.54, 1.807) is 0 Å². The predicted molar refractivity (Wildman–Crippen MR) is 183 cm³/mol. The van der Waals surface area contributed by atoms with E-state index >= 15 is 0 Å². The molecule has 6 nitrogen and oxygen atoms in total. The summed E-state index contributed by atoms with van der Waals surface area (Å²) in [6, 6.07) is 17.0. The molecule has 0 aliphatic rings. The van der Waals surface area contributed by atoms with Crippen molar-refractivity contribution in [2.75, 3.05) is 73.6 Å². The van der Waals surface area contributed by atoms with E-state index in [2.05, 4.69) is 64.0 Å². The summed E-state index contributed by atoms with van der Waals surface area (Å²) in [6.07, 6.45) is 15.4. The minimum Gasteiger partial charge on any atom is -0.491 e. The van der Waals surface area contributed by atoms with Crippen molar-refractivity contribution in [3.8, 4) is 5.75 Å². The second kappa shape index (κ2) is 25.0. The molecule has 0 bridgehead atoms. The molecule has 248 valence electrons. The molecule has 0 radical (unpaired) electrons. The first-order valence-electron chi connectivity index (χ1n) is 17.1. The van der Waals surface area contributed by atoms with E-state index in [9.17, 15) is 0 Å². The average Bonchev–Trinajstić information content (AvgIpc) is 3.02. The van der Waals surface area contributed by atoms with Gasteiger partial charge in [-0.25, -0.2) is 0 Å². The summed E-state index contributed by atoms with van der Waals surface area (Å²) in [5.41, 5.74) is 3.77. The third-order valence-corrected chi connectivity index (χ3v) is 7.61. The zero-order valence-electron chi connectivity index (χ0n) is 28.2. The van der Waals surface area contributed by atoms with Crippen molar-refractivity contribution in [3.05, 3.63) is 71.8 Å². The van der Waals surface area contributed by atoms with Gasteiger partial charge in [-0.1, -0.05) is 102 Å². The molecule has 0 atom stereocenters. The van der Waals surface area contributed by atoms with Gasteiger partial charge >= 0.3 is 0 Å². The number of hydrogen-bond acceptors (Lipinski definition) is 5. The van der Waals surface area contributed by atoms with Crippen molar-refractivity contribution in [1.29, 1.82) is 0 Å². The number of quaternary nitrogens is 1. The molecule has 0 spiro atoms. The topological polar surface area (TPSA) is 46.2 Å². The third kappa shape index (κ3) is 19.9. The highest BCUT2D eigenvalue weighted by Gasteiger charge is 2.17. The van der Waals surface area contributed by atoms with Crippen LogP contribution in [0, 0.1) is 0 Å². The first-order valence-corrected chi connectivity index (χ1v) is 17.1. The van der Waals surface area contributed by atoms with Crippen LogP contribution < -0.4 is 4.74 Å². The van der Waals surface area contributed by atoms with Crippen LogP contribution in [-0.2, 0) is 32.0 Å². The molecule has 6 heteroatoms. The van der Waals surface area contributed by atoms with Crippen LogP contribution in [0.1, 0.15) is 87.8 Å². The highest BCUT2D eigenvalue weighted by atomic mass is 16.6. The van der Waals surface area contributed by atoms with E-state index < -0.39 is 0 Å². The Kier molecular flexibility index (Phi) is 21.6. The van der Waals surface area contributed by atoms with Crippen molar-refractivity contribution in [3.63, 3.8) is 0 Å². The smallest absolute Gasteiger partial charge is 0.119 e. The third-order valence-electron chi connectivity index (χ3n) is 7.61. The van der Waals surface area contributed by atoms with Crippen molar-refractivity contribution < 1.29 is 28.2 Å².